The van der Waals surface area contributed by atoms with Gasteiger partial charge in [-0.15, -0.1) is 0 Å². The number of hydrogen-bond acceptors (Lipinski definition) is 4. The topological polar surface area (TPSA) is 66.8 Å². The lowest BCUT2D eigenvalue weighted by molar-refractivity contribution is -0.209. The maximum Gasteiger partial charge on any atom is 0.392 e. The van der Waals surface area contributed by atoms with Crippen molar-refractivity contribution in [3.63, 3.8) is 0 Å². The average molecular weight is 359 g/mol. The minimum absolute atomic E-state index is 0.0697. The van der Waals surface area contributed by atoms with Gasteiger partial charge in [0.1, 0.15) is 12.3 Å². The number of hydrogen-bond donors (Lipinski definition) is 1. The third-order valence-electron chi connectivity index (χ3n) is 5.45. The normalized spacial score (nSPS) is 32.7. The smallest absolute Gasteiger partial charge is 0.392 e. The van der Waals surface area contributed by atoms with Crippen LogP contribution in [0.2, 0.25) is 0 Å². The van der Waals surface area contributed by atoms with Gasteiger partial charge >= 0.3 is 12.1 Å². The summed E-state index contributed by atoms with van der Waals surface area (Å²) in [7, 11) is 0. The Balaban J connectivity index is 1.96. The highest BCUT2D eigenvalue weighted by molar-refractivity contribution is 6.01. The molecule has 8 heteroatoms. The van der Waals surface area contributed by atoms with Gasteiger partial charge in [-0.05, 0) is 24.8 Å². The van der Waals surface area contributed by atoms with Crippen molar-refractivity contribution in [1.29, 1.82) is 0 Å². The molecule has 5 nitrogen and oxygen atoms in total. The molecule has 1 amide bonds. The van der Waals surface area contributed by atoms with Crippen LogP contribution < -0.4 is 0 Å². The molecule has 3 aliphatic rings. The van der Waals surface area contributed by atoms with Crippen molar-refractivity contribution in [3.05, 3.63) is 23.9 Å². The summed E-state index contributed by atoms with van der Waals surface area (Å²) in [6.07, 6.45) is -2.48. The molecule has 0 aromatic heterocycles. The van der Waals surface area contributed by atoms with Gasteiger partial charge in [-0.1, -0.05) is 19.6 Å². The predicted molar refractivity (Wildman–Crippen MR) is 80.9 cm³/mol. The maximum atomic E-state index is 13.1. The van der Waals surface area contributed by atoms with Gasteiger partial charge in [-0.25, -0.2) is 4.79 Å². The summed E-state index contributed by atoms with van der Waals surface area (Å²) >= 11 is 0. The van der Waals surface area contributed by atoms with Crippen molar-refractivity contribution in [3.8, 4) is 0 Å². The fraction of sp³-hybridized carbons (Fsp3) is 0.647. The van der Waals surface area contributed by atoms with E-state index in [1.807, 2.05) is 0 Å². The first-order chi connectivity index (χ1) is 11.7. The molecule has 138 valence electrons. The average Bonchev–Trinajstić information content (AvgIpc) is 2.84. The van der Waals surface area contributed by atoms with Crippen LogP contribution in [0, 0.1) is 17.8 Å². The summed E-state index contributed by atoms with van der Waals surface area (Å²) < 4.78 is 44.4. The van der Waals surface area contributed by atoms with Crippen LogP contribution in [-0.2, 0) is 14.3 Å². The summed E-state index contributed by atoms with van der Waals surface area (Å²) in [5.74, 6) is -4.98. The van der Waals surface area contributed by atoms with Crippen molar-refractivity contribution >= 4 is 11.9 Å². The van der Waals surface area contributed by atoms with Crippen molar-refractivity contribution in [2.24, 2.45) is 17.8 Å². The molecule has 0 radical (unpaired) electrons. The molecule has 2 heterocycles. The van der Waals surface area contributed by atoms with Gasteiger partial charge in [0.2, 0.25) is 5.91 Å². The maximum absolute atomic E-state index is 13.1. The van der Waals surface area contributed by atoms with Gasteiger partial charge in [-0.3, -0.25) is 4.79 Å². The number of alkyl halides is 3. The number of rotatable bonds is 4. The third-order valence-corrected chi connectivity index (χ3v) is 5.45. The van der Waals surface area contributed by atoms with E-state index in [0.717, 1.165) is 11.8 Å². The molecule has 1 N–H and O–H groups in total. The number of β-lactam (4-membered cyclic amide) rings is 1. The highest BCUT2D eigenvalue weighted by atomic mass is 19.4. The monoisotopic (exact) mass is 359 g/mol. The molecule has 0 bridgehead atoms. The Kier molecular flexibility index (Phi) is 4.43. The van der Waals surface area contributed by atoms with Gasteiger partial charge < -0.3 is 14.7 Å². The molecule has 1 aliphatic carbocycles. The molecule has 0 unspecified atom stereocenters. The molecule has 2 aliphatic heterocycles. The molecule has 1 saturated heterocycles. The minimum Gasteiger partial charge on any atom is -0.457 e. The van der Waals surface area contributed by atoms with Gasteiger partial charge in [0.05, 0.1) is 24.0 Å². The van der Waals surface area contributed by atoms with E-state index in [4.69, 9.17) is 4.74 Å². The molecular weight excluding hydrogens is 339 g/mol. The summed E-state index contributed by atoms with van der Waals surface area (Å²) in [5.41, 5.74) is 0.287. The predicted octanol–water partition coefficient (Wildman–Crippen LogP) is 2.17. The lowest BCUT2D eigenvalue weighted by atomic mass is 9.69. The molecule has 3 rings (SSSR count). The van der Waals surface area contributed by atoms with E-state index in [1.54, 1.807) is 0 Å². The third kappa shape index (κ3) is 2.67. The Hall–Kier alpha value is -1.83. The standard InChI is InChI=1S/C17H20F3NO4/c1-3-7-25-16(24)14-12-9(5-4-6-10(12)22)13-11(15(23)21(13)14)8(2)17(18,19)20/h3,8-11,13,22H,1,4-7H2,2H3/t8-,9-,10-,11+,13+/m0/s1. The first-order valence-corrected chi connectivity index (χ1v) is 8.30. The van der Waals surface area contributed by atoms with Crippen LogP contribution in [0.1, 0.15) is 26.2 Å². The van der Waals surface area contributed by atoms with E-state index in [9.17, 15) is 27.9 Å². The SMILES string of the molecule is C=CCOC(=O)C1=C2[C@@H](O)CCC[C@@H]2[C@@H]2[C@@H]([C@H](C)C(F)(F)F)C(=O)N12. The zero-order chi connectivity index (χ0) is 18.5. The molecule has 0 aromatic carbocycles. The molecule has 2 fully saturated rings. The number of aliphatic hydroxyl groups excluding tert-OH is 1. The van der Waals surface area contributed by atoms with Crippen LogP contribution in [0.25, 0.3) is 0 Å². The number of esters is 1. The Morgan fingerprint density at radius 2 is 2.16 bits per heavy atom. The van der Waals surface area contributed by atoms with Gasteiger partial charge in [0, 0.05) is 5.92 Å². The molecular formula is C17H20F3NO4. The van der Waals surface area contributed by atoms with Gasteiger partial charge in [0.15, 0.2) is 0 Å². The number of halogens is 3. The van der Waals surface area contributed by atoms with E-state index in [1.165, 1.54) is 6.08 Å². The summed E-state index contributed by atoms with van der Waals surface area (Å²) in [6, 6.07) is -0.736. The van der Waals surface area contributed by atoms with Crippen LogP contribution in [0.4, 0.5) is 13.2 Å². The lowest BCUT2D eigenvalue weighted by Gasteiger charge is -2.49. The molecule has 5 atom stereocenters. The second kappa shape index (κ2) is 6.16. The zero-order valence-electron chi connectivity index (χ0n) is 13.8. The van der Waals surface area contributed by atoms with Crippen molar-refractivity contribution in [2.75, 3.05) is 6.61 Å². The quantitative estimate of drug-likeness (QED) is 0.475. The van der Waals surface area contributed by atoms with E-state index >= 15 is 0 Å². The zero-order valence-corrected chi connectivity index (χ0v) is 13.8. The molecule has 0 spiro atoms. The van der Waals surface area contributed by atoms with Crippen molar-refractivity contribution in [1.82, 2.24) is 4.90 Å². The van der Waals surface area contributed by atoms with E-state index in [2.05, 4.69) is 6.58 Å². The van der Waals surface area contributed by atoms with Crippen LogP contribution in [-0.4, -0.2) is 46.8 Å². The largest absolute Gasteiger partial charge is 0.457 e. The number of amides is 1. The summed E-state index contributed by atoms with van der Waals surface area (Å²) in [5, 5.41) is 10.3. The van der Waals surface area contributed by atoms with E-state index in [-0.39, 0.29) is 12.3 Å². The Morgan fingerprint density at radius 1 is 1.48 bits per heavy atom. The minimum atomic E-state index is -4.49. The van der Waals surface area contributed by atoms with Gasteiger partial charge in [0.25, 0.3) is 0 Å². The first-order valence-electron chi connectivity index (χ1n) is 8.30. The Labute approximate surface area is 143 Å². The van der Waals surface area contributed by atoms with E-state index in [0.29, 0.717) is 24.8 Å². The second-order valence-electron chi connectivity index (χ2n) is 6.80. The number of carbonyl (C=O) groups is 2. The van der Waals surface area contributed by atoms with Crippen LogP contribution in [0.15, 0.2) is 23.9 Å². The van der Waals surface area contributed by atoms with Crippen molar-refractivity contribution < 1.29 is 32.6 Å². The fourth-order valence-electron chi connectivity index (χ4n) is 4.27. The van der Waals surface area contributed by atoms with Crippen LogP contribution in [0.3, 0.4) is 0 Å². The Morgan fingerprint density at radius 3 is 2.76 bits per heavy atom. The van der Waals surface area contributed by atoms with Gasteiger partial charge in [-0.2, -0.15) is 13.2 Å². The number of fused-ring (bicyclic) bond motifs is 3. The molecule has 1 saturated carbocycles. The summed E-state index contributed by atoms with van der Waals surface area (Å²) in [4.78, 5) is 25.9. The second-order valence-corrected chi connectivity index (χ2v) is 6.80. The number of nitrogens with zero attached hydrogens (tertiary/aromatic N) is 1. The summed E-state index contributed by atoms with van der Waals surface area (Å²) in [6.45, 7) is 4.35. The first kappa shape index (κ1) is 18.0. The highest BCUT2D eigenvalue weighted by Crippen LogP contribution is 2.55. The number of ether oxygens (including phenoxy) is 1. The number of aliphatic hydroxyl groups is 1. The molecule has 25 heavy (non-hydrogen) atoms. The van der Waals surface area contributed by atoms with Crippen LogP contribution in [0.5, 0.6) is 0 Å². The molecule has 0 aromatic rings. The fourth-order valence-corrected chi connectivity index (χ4v) is 4.27. The number of carbonyl (C=O) groups excluding carboxylic acids is 2. The van der Waals surface area contributed by atoms with Crippen molar-refractivity contribution in [2.45, 2.75) is 44.5 Å². The van der Waals surface area contributed by atoms with Crippen LogP contribution >= 0.6 is 0 Å². The highest BCUT2D eigenvalue weighted by Gasteiger charge is 2.65. The van der Waals surface area contributed by atoms with E-state index < -0.39 is 48.0 Å². The Bertz CT molecular complexity index is 642. The lowest BCUT2D eigenvalue weighted by Crippen LogP contribution is -2.64.